The fraction of sp³-hybridized carbons (Fsp3) is 0.235. The van der Waals surface area contributed by atoms with Gasteiger partial charge in [0.1, 0.15) is 0 Å². The van der Waals surface area contributed by atoms with Crippen molar-refractivity contribution in [3.05, 3.63) is 66.2 Å². The molecule has 3 nitrogen and oxygen atoms in total. The van der Waals surface area contributed by atoms with Crippen LogP contribution in [0.1, 0.15) is 22.8 Å². The molecule has 0 heterocycles. The third kappa shape index (κ3) is 4.55. The smallest absolute Gasteiger partial charge is 0.274 e. The van der Waals surface area contributed by atoms with Crippen LogP contribution in [0.15, 0.2) is 36.4 Å². The highest BCUT2D eigenvalue weighted by Gasteiger charge is 2.25. The van der Waals surface area contributed by atoms with E-state index >= 15 is 0 Å². The Hall–Kier alpha value is -0.530. The zero-order valence-electron chi connectivity index (χ0n) is 13.0. The molecule has 0 fully saturated rings. The zero-order valence-corrected chi connectivity index (χ0v) is 17.4. The van der Waals surface area contributed by atoms with Gasteiger partial charge in [0.15, 0.2) is 0 Å². The molecule has 0 aliphatic carbocycles. The van der Waals surface area contributed by atoms with E-state index < -0.39 is 0 Å². The molecule has 0 radical (unpaired) electrons. The number of hydrogen-bond donors (Lipinski definition) is 0. The van der Waals surface area contributed by atoms with E-state index in [4.69, 9.17) is 39.6 Å². The van der Waals surface area contributed by atoms with Crippen LogP contribution in [0.2, 0.25) is 15.1 Å². The number of halogens is 4. The Kier molecular flexibility index (Phi) is 7.19. The molecule has 0 aromatic heterocycles. The lowest BCUT2D eigenvalue weighted by atomic mass is 10.1. The quantitative estimate of drug-likeness (QED) is 0.380. The van der Waals surface area contributed by atoms with E-state index in [1.807, 2.05) is 25.1 Å². The molecule has 24 heavy (non-hydrogen) atoms. The SMILES string of the molecule is CON(C(=O)c1ccccc1I)[C@H](C)Cc1c(Cl)cc(Cl)cc1Cl. The average molecular weight is 499 g/mol. The van der Waals surface area contributed by atoms with Crippen LogP contribution in [-0.2, 0) is 11.3 Å². The zero-order chi connectivity index (χ0) is 17.9. The first-order valence-electron chi connectivity index (χ1n) is 7.10. The molecular formula is C17H15Cl3INO2. The predicted octanol–water partition coefficient (Wildman–Crippen LogP) is 5.89. The lowest BCUT2D eigenvalue weighted by molar-refractivity contribution is -0.119. The summed E-state index contributed by atoms with van der Waals surface area (Å²) in [5.41, 5.74) is 1.31. The van der Waals surface area contributed by atoms with Gasteiger partial charge in [0.05, 0.1) is 18.7 Å². The van der Waals surface area contributed by atoms with Gasteiger partial charge in [-0.2, -0.15) is 0 Å². The van der Waals surface area contributed by atoms with E-state index in [0.29, 0.717) is 27.1 Å². The van der Waals surface area contributed by atoms with Crippen molar-refractivity contribution >= 4 is 63.3 Å². The molecule has 0 bridgehead atoms. The fourth-order valence-corrected chi connectivity index (χ4v) is 3.95. The van der Waals surface area contributed by atoms with Crippen molar-refractivity contribution < 1.29 is 9.63 Å². The van der Waals surface area contributed by atoms with Gasteiger partial charge in [-0.05, 0) is 65.8 Å². The van der Waals surface area contributed by atoms with Crippen LogP contribution >= 0.6 is 57.4 Å². The second kappa shape index (κ2) is 8.72. The fourth-order valence-electron chi connectivity index (χ4n) is 2.36. The highest BCUT2D eigenvalue weighted by Crippen LogP contribution is 2.31. The van der Waals surface area contributed by atoms with Crippen LogP contribution in [0.5, 0.6) is 0 Å². The molecule has 0 aliphatic rings. The van der Waals surface area contributed by atoms with Crippen LogP contribution in [0.25, 0.3) is 0 Å². The molecule has 7 heteroatoms. The summed E-state index contributed by atoms with van der Waals surface area (Å²) >= 11 is 20.5. The van der Waals surface area contributed by atoms with Crippen molar-refractivity contribution in [3.8, 4) is 0 Å². The topological polar surface area (TPSA) is 29.5 Å². The average Bonchev–Trinajstić information content (AvgIpc) is 2.51. The normalized spacial score (nSPS) is 12.1. The van der Waals surface area contributed by atoms with E-state index in [1.165, 1.54) is 12.2 Å². The second-order valence-electron chi connectivity index (χ2n) is 5.19. The van der Waals surface area contributed by atoms with E-state index in [9.17, 15) is 4.79 Å². The minimum absolute atomic E-state index is 0.212. The molecule has 2 rings (SSSR count). The van der Waals surface area contributed by atoms with Crippen LogP contribution in [0.4, 0.5) is 0 Å². The third-order valence-electron chi connectivity index (χ3n) is 3.51. The number of hydrogen-bond acceptors (Lipinski definition) is 2. The maximum atomic E-state index is 12.8. The van der Waals surface area contributed by atoms with Gasteiger partial charge in [0, 0.05) is 18.6 Å². The first-order valence-corrected chi connectivity index (χ1v) is 9.32. The first kappa shape index (κ1) is 19.8. The van der Waals surface area contributed by atoms with E-state index in [1.54, 1.807) is 18.2 Å². The third-order valence-corrected chi connectivity index (χ3v) is 5.34. The summed E-state index contributed by atoms with van der Waals surface area (Å²) in [5.74, 6) is -0.212. The maximum absolute atomic E-state index is 12.8. The molecular weight excluding hydrogens is 483 g/mol. The molecule has 0 saturated carbocycles. The highest BCUT2D eigenvalue weighted by atomic mass is 127. The van der Waals surface area contributed by atoms with E-state index in [2.05, 4.69) is 22.6 Å². The minimum Gasteiger partial charge on any atom is -0.274 e. The molecule has 2 aromatic rings. The summed E-state index contributed by atoms with van der Waals surface area (Å²) in [4.78, 5) is 18.1. The lowest BCUT2D eigenvalue weighted by Crippen LogP contribution is -2.39. The van der Waals surface area contributed by atoms with Gasteiger partial charge in [-0.3, -0.25) is 9.63 Å². The number of amides is 1. The molecule has 0 N–H and O–H groups in total. The number of rotatable bonds is 5. The van der Waals surface area contributed by atoms with Gasteiger partial charge in [0.25, 0.3) is 5.91 Å². The summed E-state index contributed by atoms with van der Waals surface area (Å²) in [6, 6.07) is 10.3. The summed E-state index contributed by atoms with van der Waals surface area (Å²) < 4.78 is 0.858. The van der Waals surface area contributed by atoms with Crippen molar-refractivity contribution in [2.24, 2.45) is 0 Å². The van der Waals surface area contributed by atoms with Gasteiger partial charge in [-0.1, -0.05) is 46.9 Å². The predicted molar refractivity (Wildman–Crippen MR) is 107 cm³/mol. The van der Waals surface area contributed by atoms with Gasteiger partial charge in [0.2, 0.25) is 0 Å². The Balaban J connectivity index is 2.25. The Morgan fingerprint density at radius 2 is 1.79 bits per heavy atom. The Morgan fingerprint density at radius 1 is 1.21 bits per heavy atom. The van der Waals surface area contributed by atoms with Crippen LogP contribution in [0, 0.1) is 3.57 Å². The number of nitrogens with zero attached hydrogens (tertiary/aromatic N) is 1. The summed E-state index contributed by atoms with van der Waals surface area (Å²) in [6.07, 6.45) is 0.442. The largest absolute Gasteiger partial charge is 0.278 e. The number of hydroxylamine groups is 2. The lowest BCUT2D eigenvalue weighted by Gasteiger charge is -2.27. The Morgan fingerprint density at radius 3 is 2.33 bits per heavy atom. The van der Waals surface area contributed by atoms with Crippen LogP contribution < -0.4 is 0 Å². The van der Waals surface area contributed by atoms with Crippen molar-refractivity contribution in [2.75, 3.05) is 7.11 Å². The van der Waals surface area contributed by atoms with Crippen molar-refractivity contribution in [2.45, 2.75) is 19.4 Å². The van der Waals surface area contributed by atoms with Gasteiger partial charge in [-0.25, -0.2) is 5.06 Å². The maximum Gasteiger partial charge on any atom is 0.278 e. The minimum atomic E-state index is -0.269. The highest BCUT2D eigenvalue weighted by molar-refractivity contribution is 14.1. The van der Waals surface area contributed by atoms with Crippen molar-refractivity contribution in [3.63, 3.8) is 0 Å². The van der Waals surface area contributed by atoms with Gasteiger partial charge < -0.3 is 0 Å². The van der Waals surface area contributed by atoms with Crippen LogP contribution in [0.3, 0.4) is 0 Å². The van der Waals surface area contributed by atoms with Crippen LogP contribution in [-0.4, -0.2) is 24.1 Å². The number of benzene rings is 2. The molecule has 0 unspecified atom stereocenters. The van der Waals surface area contributed by atoms with Gasteiger partial charge >= 0.3 is 0 Å². The monoisotopic (exact) mass is 497 g/mol. The summed E-state index contributed by atoms with van der Waals surface area (Å²) in [7, 11) is 1.47. The number of carbonyl (C=O) groups is 1. The molecule has 0 saturated heterocycles. The molecule has 1 amide bonds. The Bertz CT molecular complexity index is 731. The summed E-state index contributed by atoms with van der Waals surface area (Å²) in [6.45, 7) is 1.87. The second-order valence-corrected chi connectivity index (χ2v) is 7.61. The summed E-state index contributed by atoms with van der Waals surface area (Å²) in [5, 5.41) is 2.74. The van der Waals surface area contributed by atoms with E-state index in [0.717, 1.165) is 9.13 Å². The number of carbonyl (C=O) groups excluding carboxylic acids is 1. The van der Waals surface area contributed by atoms with Crippen molar-refractivity contribution in [1.82, 2.24) is 5.06 Å². The molecule has 128 valence electrons. The molecule has 2 aromatic carbocycles. The molecule has 1 atom stereocenters. The standard InChI is InChI=1S/C17H15Cl3INO2/c1-10(7-13-14(19)8-11(18)9-15(13)20)22(24-2)17(23)12-5-3-4-6-16(12)21/h3-6,8-10H,7H2,1-2H3/t10-/m1/s1. The molecule has 0 spiro atoms. The molecule has 0 aliphatic heterocycles. The first-order chi connectivity index (χ1) is 11.3. The Labute approximate surface area is 169 Å². The van der Waals surface area contributed by atoms with Crippen molar-refractivity contribution in [1.29, 1.82) is 0 Å². The van der Waals surface area contributed by atoms with E-state index in [-0.39, 0.29) is 11.9 Å². The van der Waals surface area contributed by atoms with Gasteiger partial charge in [-0.15, -0.1) is 0 Å².